The van der Waals surface area contributed by atoms with Crippen molar-refractivity contribution in [2.24, 2.45) is 5.84 Å². The molecule has 12 nitrogen and oxygen atoms in total. The molecule has 0 saturated heterocycles. The lowest BCUT2D eigenvalue weighted by atomic mass is 9.96. The average molecular weight is 1050 g/mol. The van der Waals surface area contributed by atoms with Gasteiger partial charge in [0.05, 0.1) is 29.1 Å². The summed E-state index contributed by atoms with van der Waals surface area (Å²) in [4.78, 5) is 48.8. The van der Waals surface area contributed by atoms with Crippen LogP contribution in [0, 0.1) is 30.2 Å². The Morgan fingerprint density at radius 1 is 0.566 bits per heavy atom. The Hall–Kier alpha value is -9.29. The van der Waals surface area contributed by atoms with Crippen LogP contribution >= 0.6 is 0 Å². The Morgan fingerprint density at radius 3 is 1.58 bits per heavy atom. The molecule has 2 amide bonds. The van der Waals surface area contributed by atoms with E-state index in [2.05, 4.69) is 20.1 Å². The topological polar surface area (TPSA) is 183 Å². The molecule has 0 radical (unpaired) electrons. The summed E-state index contributed by atoms with van der Waals surface area (Å²) in [7, 11) is -3.49. The third-order valence-corrected chi connectivity index (χ3v) is 12.8. The summed E-state index contributed by atoms with van der Waals surface area (Å²) < 4.78 is 88.9. The van der Waals surface area contributed by atoms with Crippen molar-refractivity contribution < 1.29 is 54.6 Å². The summed E-state index contributed by atoms with van der Waals surface area (Å²) in [5.74, 6) is 1.77. The molecule has 0 aliphatic rings. The molecule has 5 N–H and O–H groups in total. The van der Waals surface area contributed by atoms with Crippen LogP contribution in [-0.2, 0) is 35.5 Å². The smallest absolute Gasteiger partial charge is 0.297 e. The van der Waals surface area contributed by atoms with Crippen LogP contribution in [0.5, 0.6) is 0 Å². The Kier molecular flexibility index (Phi) is 18.3. The van der Waals surface area contributed by atoms with E-state index in [4.69, 9.17) is 5.84 Å². The quantitative estimate of drug-likeness (QED) is 0.0194. The second-order valence-electron chi connectivity index (χ2n) is 16.6. The van der Waals surface area contributed by atoms with Gasteiger partial charge in [0.1, 0.15) is 23.3 Å². The van der Waals surface area contributed by atoms with Gasteiger partial charge in [0.15, 0.2) is 0 Å². The van der Waals surface area contributed by atoms with E-state index in [-0.39, 0.29) is 34.9 Å². The van der Waals surface area contributed by atoms with Crippen molar-refractivity contribution in [1.82, 2.24) is 4.83 Å². The van der Waals surface area contributed by atoms with E-state index in [1.807, 2.05) is 43.3 Å². The number of fused-ring (bicyclic) bond motifs is 2. The second-order valence-corrected chi connectivity index (χ2v) is 18.3. The van der Waals surface area contributed by atoms with Crippen LogP contribution < -0.4 is 21.3 Å². The van der Waals surface area contributed by atoms with Crippen LogP contribution in [0.2, 0.25) is 0 Å². The van der Waals surface area contributed by atoms with Crippen molar-refractivity contribution in [1.29, 1.82) is 0 Å². The fourth-order valence-corrected chi connectivity index (χ4v) is 8.43. The fourth-order valence-electron chi connectivity index (χ4n) is 7.80. The number of benzene rings is 9. The molecule has 0 atom stereocenters. The zero-order valence-corrected chi connectivity index (χ0v) is 41.1. The lowest BCUT2D eigenvalue weighted by Crippen LogP contribution is -2.30. The van der Waals surface area contributed by atoms with Crippen molar-refractivity contribution >= 4 is 73.8 Å². The van der Waals surface area contributed by atoms with E-state index in [1.165, 1.54) is 60.7 Å². The molecule has 0 fully saturated rings. The molecule has 384 valence electrons. The number of nitrogens with two attached hydrogens (primary N) is 1. The summed E-state index contributed by atoms with van der Waals surface area (Å²) in [6.07, 6.45) is 2.99. The Labute approximate surface area is 434 Å². The van der Waals surface area contributed by atoms with Crippen LogP contribution in [0.15, 0.2) is 193 Å². The second kappa shape index (κ2) is 25.6. The standard InChI is InChI=1S/C26H19F2NO3.C26H17F2NO3.C7H10N2O2S/c2*27-23-8-4-3-7-21(23)19-14-18-5-1-2-6-20(18)22(15-19)26(31)29-25-13-17(9-10-24(25)28)11-12-32-16-30;1-6-2-4-7(5-3-6)12(10,11)9-8/h1-10,13-16H,11-12H2,(H,29,31);1-16H,(H,29,31);2-5,9H,8H2,1H3/b;12-11+;. The minimum Gasteiger partial charge on any atom is -0.468 e. The summed E-state index contributed by atoms with van der Waals surface area (Å²) in [6, 6.07) is 48.8. The van der Waals surface area contributed by atoms with Crippen LogP contribution in [0.25, 0.3) is 49.9 Å². The summed E-state index contributed by atoms with van der Waals surface area (Å²) in [5, 5.41) is 8.05. The molecular weight excluding hydrogens is 1000 g/mol. The number of aryl methyl sites for hydroxylation is 1. The molecule has 0 spiro atoms. The Morgan fingerprint density at radius 2 is 1.07 bits per heavy atom. The molecule has 0 heterocycles. The van der Waals surface area contributed by atoms with E-state index in [0.717, 1.165) is 22.6 Å². The molecule has 0 aliphatic heterocycles. The first-order valence-electron chi connectivity index (χ1n) is 23.1. The van der Waals surface area contributed by atoms with E-state index >= 15 is 0 Å². The number of hydrazine groups is 1. The van der Waals surface area contributed by atoms with E-state index in [1.54, 1.807) is 95.8 Å². The van der Waals surface area contributed by atoms with Gasteiger partial charge in [-0.3, -0.25) is 25.0 Å². The number of halogens is 4. The number of amides is 2. The molecule has 9 aromatic rings. The zero-order chi connectivity index (χ0) is 54.2. The first-order valence-corrected chi connectivity index (χ1v) is 24.5. The van der Waals surface area contributed by atoms with Gasteiger partial charge in [0.25, 0.3) is 34.8 Å². The van der Waals surface area contributed by atoms with Gasteiger partial charge in [-0.1, -0.05) is 115 Å². The first kappa shape index (κ1) is 54.5. The Balaban J connectivity index is 0.000000182. The predicted molar refractivity (Wildman–Crippen MR) is 285 cm³/mol. The fraction of sp³-hybridized carbons (Fsp3) is 0.0508. The van der Waals surface area contributed by atoms with Crippen molar-refractivity contribution in [2.75, 3.05) is 17.2 Å². The van der Waals surface area contributed by atoms with E-state index in [9.17, 15) is 45.2 Å². The average Bonchev–Trinajstić information content (AvgIpc) is 3.45. The SMILES string of the molecule is Cc1ccc(S(=O)(=O)NN)cc1.O=CO/C=C/c1ccc(F)c(NC(=O)c2cc(-c3ccccc3F)cc3ccccc23)c1.O=COCCc1ccc(F)c(NC(=O)c2cc(-c3ccccc3F)cc3ccccc23)c1. The molecule has 17 heteroatoms. The molecule has 9 aromatic carbocycles. The third-order valence-electron chi connectivity index (χ3n) is 11.6. The Bertz CT molecular complexity index is 3730. The monoisotopic (exact) mass is 1050 g/mol. The maximum Gasteiger partial charge on any atom is 0.297 e. The van der Waals surface area contributed by atoms with Gasteiger partial charge in [0.2, 0.25) is 0 Å². The highest BCUT2D eigenvalue weighted by molar-refractivity contribution is 7.89. The van der Waals surface area contributed by atoms with Gasteiger partial charge < -0.3 is 20.1 Å². The highest BCUT2D eigenvalue weighted by atomic mass is 32.2. The normalized spacial score (nSPS) is 10.9. The van der Waals surface area contributed by atoms with E-state index in [0.29, 0.717) is 62.6 Å². The van der Waals surface area contributed by atoms with Crippen LogP contribution in [0.3, 0.4) is 0 Å². The number of ether oxygens (including phenoxy) is 2. The summed E-state index contributed by atoms with van der Waals surface area (Å²) in [5.41, 5.74) is 4.61. The van der Waals surface area contributed by atoms with Crippen LogP contribution in [-0.4, -0.2) is 39.8 Å². The largest absolute Gasteiger partial charge is 0.468 e. The third kappa shape index (κ3) is 13.9. The van der Waals surface area contributed by atoms with Crippen LogP contribution in [0.1, 0.15) is 37.4 Å². The van der Waals surface area contributed by atoms with Gasteiger partial charge >= 0.3 is 0 Å². The van der Waals surface area contributed by atoms with Crippen molar-refractivity contribution in [3.63, 3.8) is 0 Å². The first-order chi connectivity index (χ1) is 36.7. The number of carbonyl (C=O) groups excluding carboxylic acids is 4. The highest BCUT2D eigenvalue weighted by Gasteiger charge is 2.19. The number of sulfonamides is 1. The molecular formula is C59H46F4N4O8S. The summed E-state index contributed by atoms with van der Waals surface area (Å²) >= 11 is 0. The lowest BCUT2D eigenvalue weighted by molar-refractivity contribution is -0.128. The van der Waals surface area contributed by atoms with Gasteiger partial charge in [-0.05, 0) is 130 Å². The molecule has 0 unspecified atom stereocenters. The zero-order valence-electron chi connectivity index (χ0n) is 40.3. The van der Waals surface area contributed by atoms with Gasteiger partial charge in [-0.2, -0.15) is 4.83 Å². The van der Waals surface area contributed by atoms with Gasteiger partial charge in [0, 0.05) is 28.7 Å². The van der Waals surface area contributed by atoms with Gasteiger partial charge in [-0.15, -0.1) is 0 Å². The molecule has 76 heavy (non-hydrogen) atoms. The maximum atomic E-state index is 14.4. The molecule has 0 bridgehead atoms. The number of anilines is 2. The lowest BCUT2D eigenvalue weighted by Gasteiger charge is -2.13. The number of rotatable bonds is 15. The van der Waals surface area contributed by atoms with Gasteiger partial charge in [-0.25, -0.2) is 26.0 Å². The minimum atomic E-state index is -3.49. The highest BCUT2D eigenvalue weighted by Crippen LogP contribution is 2.32. The number of carbonyl (C=O) groups is 4. The molecule has 9 rings (SSSR count). The predicted octanol–water partition coefficient (Wildman–Crippen LogP) is 12.1. The van der Waals surface area contributed by atoms with Crippen molar-refractivity contribution in [2.45, 2.75) is 18.2 Å². The molecule has 0 aromatic heterocycles. The molecule has 0 saturated carbocycles. The number of hydrogen-bond donors (Lipinski definition) is 4. The summed E-state index contributed by atoms with van der Waals surface area (Å²) in [6.45, 7) is 2.64. The van der Waals surface area contributed by atoms with Crippen LogP contribution in [0.4, 0.5) is 28.9 Å². The maximum absolute atomic E-state index is 14.4. The number of nitrogens with one attached hydrogen (secondary N) is 3. The number of hydrogen-bond acceptors (Lipinski definition) is 9. The van der Waals surface area contributed by atoms with Crippen molar-refractivity contribution in [3.8, 4) is 22.3 Å². The minimum absolute atomic E-state index is 0.0129. The van der Waals surface area contributed by atoms with E-state index < -0.39 is 45.1 Å². The molecule has 0 aliphatic carbocycles. The van der Waals surface area contributed by atoms with Crippen molar-refractivity contribution in [3.05, 3.63) is 239 Å².